The number of hydrogen-bond donors (Lipinski definition) is 1. The smallest absolute Gasteiger partial charge is 0.158 e. The van der Waals surface area contributed by atoms with Crippen LogP contribution in [0.5, 0.6) is 5.75 Å². The van der Waals surface area contributed by atoms with Crippen LogP contribution in [-0.2, 0) is 15.9 Å². The first-order chi connectivity index (χ1) is 18.6. The van der Waals surface area contributed by atoms with Crippen molar-refractivity contribution >= 4 is 10.9 Å². The summed E-state index contributed by atoms with van der Waals surface area (Å²) in [4.78, 5) is 7.45. The highest BCUT2D eigenvalue weighted by Gasteiger charge is 2.41. The predicted molar refractivity (Wildman–Crippen MR) is 145 cm³/mol. The van der Waals surface area contributed by atoms with E-state index in [9.17, 15) is 4.39 Å². The van der Waals surface area contributed by atoms with Gasteiger partial charge >= 0.3 is 0 Å². The minimum absolute atomic E-state index is 0.0374. The van der Waals surface area contributed by atoms with Crippen LogP contribution in [0.3, 0.4) is 0 Å². The number of halogens is 3. The molecular weight excluding hydrogens is 507 g/mol. The molecule has 3 aromatic rings. The normalized spacial score (nSPS) is 20.9. The monoisotopic (exact) mass is 545 g/mol. The van der Waals surface area contributed by atoms with E-state index < -0.39 is 23.3 Å². The Bertz CT molecular complexity index is 1270. The van der Waals surface area contributed by atoms with Gasteiger partial charge in [-0.05, 0) is 38.8 Å². The molecule has 0 spiro atoms. The van der Waals surface area contributed by atoms with Crippen LogP contribution in [0.2, 0.25) is 0 Å². The number of para-hydroxylation sites is 1. The van der Waals surface area contributed by atoms with E-state index in [1.54, 1.807) is 14.2 Å². The van der Waals surface area contributed by atoms with E-state index in [0.29, 0.717) is 25.2 Å². The Morgan fingerprint density at radius 1 is 1.08 bits per heavy atom. The van der Waals surface area contributed by atoms with Crippen molar-refractivity contribution in [2.75, 3.05) is 40.4 Å². The molecule has 2 aliphatic heterocycles. The summed E-state index contributed by atoms with van der Waals surface area (Å²) in [6.07, 6.45) is 0.962. The zero-order valence-electron chi connectivity index (χ0n) is 23.3. The van der Waals surface area contributed by atoms with Crippen LogP contribution < -0.4 is 4.74 Å². The van der Waals surface area contributed by atoms with E-state index in [-0.39, 0.29) is 36.3 Å². The summed E-state index contributed by atoms with van der Waals surface area (Å²) in [6.45, 7) is 7.10. The fraction of sp³-hybridized carbons (Fsp3) is 0.533. The number of aromatic nitrogens is 1. The molecule has 39 heavy (non-hydrogen) atoms. The molecule has 3 heterocycles. The SMILES string of the molecule is COC(CCN1CC(Oc2cc(F)c([C@@H]3c4[nH]c5ccccc5c4C[C@@H](C)N3CC(C)(C)F)c(F)c2)C1)OC. The lowest BCUT2D eigenvalue weighted by Crippen LogP contribution is -2.54. The van der Waals surface area contributed by atoms with Crippen LogP contribution in [0.1, 0.15) is 50.1 Å². The van der Waals surface area contributed by atoms with Gasteiger partial charge < -0.3 is 19.2 Å². The van der Waals surface area contributed by atoms with Crippen molar-refractivity contribution in [3.8, 4) is 5.75 Å². The lowest BCUT2D eigenvalue weighted by atomic mass is 9.87. The molecule has 1 aromatic heterocycles. The van der Waals surface area contributed by atoms with Crippen LogP contribution in [0.15, 0.2) is 36.4 Å². The molecule has 212 valence electrons. The van der Waals surface area contributed by atoms with Gasteiger partial charge in [0, 0.05) is 87.2 Å². The Kier molecular flexibility index (Phi) is 7.97. The molecular formula is C30H38F3N3O3. The second kappa shape index (κ2) is 11.1. The highest BCUT2D eigenvalue weighted by molar-refractivity contribution is 5.85. The number of hydrogen-bond acceptors (Lipinski definition) is 5. The van der Waals surface area contributed by atoms with E-state index in [1.165, 1.54) is 26.0 Å². The summed E-state index contributed by atoms with van der Waals surface area (Å²) in [7, 11) is 3.21. The van der Waals surface area contributed by atoms with Crippen LogP contribution in [0.4, 0.5) is 13.2 Å². The van der Waals surface area contributed by atoms with E-state index in [2.05, 4.69) is 9.88 Å². The standard InChI is InChI=1S/C30H38F3N3O3/c1-18-12-22-21-8-6-7-9-25(21)34-28(22)29(36(18)17-30(2,3)33)27-23(31)13-19(14-24(27)32)39-20-15-35(16-20)11-10-26(37-4)38-5/h6-9,13-14,18,20,26,29,34H,10-12,15-17H2,1-5H3/t18-,29-/m1/s1. The lowest BCUT2D eigenvalue weighted by Gasteiger charge is -2.43. The van der Waals surface area contributed by atoms with Crippen molar-refractivity contribution in [3.63, 3.8) is 0 Å². The number of nitrogens with zero attached hydrogens (tertiary/aromatic N) is 2. The van der Waals surface area contributed by atoms with Crippen LogP contribution in [-0.4, -0.2) is 79.3 Å². The average molecular weight is 546 g/mol. The molecule has 9 heteroatoms. The van der Waals surface area contributed by atoms with Crippen LogP contribution >= 0.6 is 0 Å². The molecule has 0 unspecified atom stereocenters. The van der Waals surface area contributed by atoms with Crippen molar-refractivity contribution < 1.29 is 27.4 Å². The van der Waals surface area contributed by atoms with Gasteiger partial charge in [0.1, 0.15) is 29.2 Å². The summed E-state index contributed by atoms with van der Waals surface area (Å²) in [6, 6.07) is 9.44. The molecule has 0 saturated carbocycles. The molecule has 2 aromatic carbocycles. The predicted octanol–water partition coefficient (Wildman–Crippen LogP) is 5.60. The molecule has 0 amide bonds. The highest BCUT2D eigenvalue weighted by atomic mass is 19.1. The minimum Gasteiger partial charge on any atom is -0.488 e. The summed E-state index contributed by atoms with van der Waals surface area (Å²) < 4.78 is 63.0. The Morgan fingerprint density at radius 3 is 2.38 bits per heavy atom. The van der Waals surface area contributed by atoms with Crippen molar-refractivity contribution in [2.45, 2.75) is 63.8 Å². The number of methoxy groups -OCH3 is 2. The summed E-state index contributed by atoms with van der Waals surface area (Å²) >= 11 is 0. The molecule has 2 atom stereocenters. The maximum Gasteiger partial charge on any atom is 0.158 e. The van der Waals surface area contributed by atoms with Crippen LogP contribution in [0, 0.1) is 11.6 Å². The van der Waals surface area contributed by atoms with Gasteiger partial charge in [0.05, 0.1) is 6.04 Å². The molecule has 5 rings (SSSR count). The maximum atomic E-state index is 15.8. The fourth-order valence-corrected chi connectivity index (χ4v) is 5.98. The Hall–Kier alpha value is -2.59. The summed E-state index contributed by atoms with van der Waals surface area (Å²) in [5.74, 6) is -1.24. The quantitative estimate of drug-likeness (QED) is 0.336. The van der Waals surface area contributed by atoms with Crippen molar-refractivity contribution in [1.82, 2.24) is 14.8 Å². The van der Waals surface area contributed by atoms with E-state index in [0.717, 1.165) is 29.4 Å². The molecule has 1 saturated heterocycles. The van der Waals surface area contributed by atoms with Gasteiger partial charge in [0.15, 0.2) is 6.29 Å². The molecule has 0 radical (unpaired) electrons. The maximum absolute atomic E-state index is 15.8. The van der Waals surface area contributed by atoms with E-state index in [4.69, 9.17) is 14.2 Å². The lowest BCUT2D eigenvalue weighted by molar-refractivity contribution is -0.114. The van der Waals surface area contributed by atoms with Crippen molar-refractivity contribution in [2.24, 2.45) is 0 Å². The van der Waals surface area contributed by atoms with Gasteiger partial charge in [-0.15, -0.1) is 0 Å². The Labute approximate surface area is 228 Å². The Balaban J connectivity index is 1.40. The third kappa shape index (κ3) is 5.82. The summed E-state index contributed by atoms with van der Waals surface area (Å²) in [5.41, 5.74) is 0.998. The number of rotatable bonds is 10. The van der Waals surface area contributed by atoms with Crippen molar-refractivity contribution in [3.05, 3.63) is 64.9 Å². The van der Waals surface area contributed by atoms with Gasteiger partial charge in [-0.1, -0.05) is 18.2 Å². The topological polar surface area (TPSA) is 50.0 Å². The Morgan fingerprint density at radius 2 is 1.74 bits per heavy atom. The first-order valence-corrected chi connectivity index (χ1v) is 13.6. The molecule has 2 aliphatic rings. The summed E-state index contributed by atoms with van der Waals surface area (Å²) in [5, 5.41) is 1.03. The largest absolute Gasteiger partial charge is 0.488 e. The number of aromatic amines is 1. The third-order valence-corrected chi connectivity index (χ3v) is 7.84. The number of benzene rings is 2. The van der Waals surface area contributed by atoms with Crippen LogP contribution in [0.25, 0.3) is 10.9 Å². The first-order valence-electron chi connectivity index (χ1n) is 13.6. The van der Waals surface area contributed by atoms with Gasteiger partial charge in [0.2, 0.25) is 0 Å². The number of H-pyrrole nitrogens is 1. The fourth-order valence-electron chi connectivity index (χ4n) is 5.98. The third-order valence-electron chi connectivity index (χ3n) is 7.84. The minimum atomic E-state index is -1.55. The second-order valence-corrected chi connectivity index (χ2v) is 11.4. The molecule has 0 bridgehead atoms. The molecule has 1 fully saturated rings. The van der Waals surface area contributed by atoms with Gasteiger partial charge in [-0.25, -0.2) is 13.2 Å². The first kappa shape index (κ1) is 28.0. The number of nitrogens with one attached hydrogen (secondary N) is 1. The second-order valence-electron chi connectivity index (χ2n) is 11.4. The van der Waals surface area contributed by atoms with Gasteiger partial charge in [-0.2, -0.15) is 0 Å². The van der Waals surface area contributed by atoms with Gasteiger partial charge in [-0.3, -0.25) is 9.80 Å². The number of alkyl halides is 1. The number of likely N-dealkylation sites (tertiary alicyclic amines) is 1. The molecule has 1 N–H and O–H groups in total. The number of ether oxygens (including phenoxy) is 3. The zero-order chi connectivity index (χ0) is 27.9. The molecule has 6 nitrogen and oxygen atoms in total. The molecule has 0 aliphatic carbocycles. The zero-order valence-corrected chi connectivity index (χ0v) is 23.3. The van der Waals surface area contributed by atoms with Crippen molar-refractivity contribution in [1.29, 1.82) is 0 Å². The number of fused-ring (bicyclic) bond motifs is 3. The highest BCUT2D eigenvalue weighted by Crippen LogP contribution is 2.43. The van der Waals surface area contributed by atoms with Gasteiger partial charge in [0.25, 0.3) is 0 Å². The average Bonchev–Trinajstić information content (AvgIpc) is 3.21. The van der Waals surface area contributed by atoms with E-state index >= 15 is 8.78 Å². The van der Waals surface area contributed by atoms with E-state index in [1.807, 2.05) is 36.1 Å².